The third-order valence-electron chi connectivity index (χ3n) is 5.18. The maximum atomic E-state index is 5.42. The van der Waals surface area contributed by atoms with Gasteiger partial charge in [0, 0.05) is 0 Å². The average molecular weight is 455 g/mol. The summed E-state index contributed by atoms with van der Waals surface area (Å²) in [4.78, 5) is 0. The normalized spacial score (nSPS) is 12.1. The number of unbranched alkanes of at least 4 members (excludes halogenated alkanes) is 6. The van der Waals surface area contributed by atoms with Gasteiger partial charge in [0.05, 0.1) is 0 Å². The molecule has 0 amide bonds. The van der Waals surface area contributed by atoms with Crippen molar-refractivity contribution in [3.63, 3.8) is 0 Å². The first-order valence-electron chi connectivity index (χ1n) is 10.9. The molecule has 0 fully saturated rings. The number of rotatable bonds is 15. The van der Waals surface area contributed by atoms with Crippen LogP contribution >= 0.6 is 0 Å². The van der Waals surface area contributed by atoms with E-state index in [4.69, 9.17) is 4.74 Å². The van der Waals surface area contributed by atoms with E-state index in [1.807, 2.05) is 7.11 Å². The van der Waals surface area contributed by atoms with Crippen LogP contribution in [0.5, 0.6) is 0 Å². The Hall–Kier alpha value is 0.0587. The minimum absolute atomic E-state index is 0.738. The molecule has 0 N–H and O–H groups in total. The summed E-state index contributed by atoms with van der Waals surface area (Å²) in [6, 6.07) is 0. The Balaban J connectivity index is 5.49. The molecule has 0 aliphatic carbocycles. The molecule has 0 aliphatic heterocycles. The van der Waals surface area contributed by atoms with Gasteiger partial charge in [-0.15, -0.1) is 0 Å². The molecule has 0 unspecified atom stereocenters. The van der Waals surface area contributed by atoms with Crippen molar-refractivity contribution in [3.05, 3.63) is 9.67 Å². The van der Waals surface area contributed by atoms with Crippen LogP contribution in [0.15, 0.2) is 9.67 Å². The summed E-state index contributed by atoms with van der Waals surface area (Å²) >= 11 is -2.39. The molecule has 0 aromatic carbocycles. The number of ether oxygens (including phenoxy) is 1. The van der Waals surface area contributed by atoms with Gasteiger partial charge in [-0.25, -0.2) is 0 Å². The molecular weight excluding hydrogens is 411 g/mol. The van der Waals surface area contributed by atoms with Crippen molar-refractivity contribution >= 4 is 18.4 Å². The second-order valence-corrected chi connectivity index (χ2v) is 20.5. The SMILES string of the molecule is CCCCCC#C/[C](=C/COC)[Sn]([CH2]CCC)([CH2]CCC)[CH2]CCC. The van der Waals surface area contributed by atoms with E-state index in [1.165, 1.54) is 71.1 Å². The fraction of sp³-hybridized carbons (Fsp3) is 0.826. The van der Waals surface area contributed by atoms with Gasteiger partial charge in [-0.05, 0) is 0 Å². The molecule has 0 bridgehead atoms. The van der Waals surface area contributed by atoms with E-state index < -0.39 is 18.4 Å². The van der Waals surface area contributed by atoms with Crippen molar-refractivity contribution in [2.24, 2.45) is 0 Å². The molecule has 0 heterocycles. The second-order valence-electron chi connectivity index (χ2n) is 7.42. The zero-order valence-corrected chi connectivity index (χ0v) is 20.7. The van der Waals surface area contributed by atoms with Crippen LogP contribution in [0, 0.1) is 11.8 Å². The van der Waals surface area contributed by atoms with E-state index >= 15 is 0 Å². The van der Waals surface area contributed by atoms with Gasteiger partial charge in [0.2, 0.25) is 0 Å². The van der Waals surface area contributed by atoms with Gasteiger partial charge >= 0.3 is 164 Å². The predicted octanol–water partition coefficient (Wildman–Crippen LogP) is 7.53. The van der Waals surface area contributed by atoms with Crippen molar-refractivity contribution in [2.75, 3.05) is 13.7 Å². The second kappa shape index (κ2) is 17.5. The molecule has 0 rings (SSSR count). The molecule has 0 aromatic rings. The number of allylic oxidation sites excluding steroid dienone is 1. The Morgan fingerprint density at radius 3 is 1.76 bits per heavy atom. The van der Waals surface area contributed by atoms with E-state index in [0.717, 1.165) is 13.0 Å². The van der Waals surface area contributed by atoms with Crippen LogP contribution in [0.1, 0.15) is 91.9 Å². The van der Waals surface area contributed by atoms with Gasteiger partial charge in [0.15, 0.2) is 0 Å². The molecular formula is C23H44OSn. The topological polar surface area (TPSA) is 9.23 Å². The first kappa shape index (κ1) is 25.1. The zero-order chi connectivity index (χ0) is 18.8. The van der Waals surface area contributed by atoms with Crippen LogP contribution < -0.4 is 0 Å². The summed E-state index contributed by atoms with van der Waals surface area (Å²) in [5.74, 6) is 7.25. The Morgan fingerprint density at radius 2 is 1.32 bits per heavy atom. The summed E-state index contributed by atoms with van der Waals surface area (Å²) in [5.41, 5.74) is 0. The summed E-state index contributed by atoms with van der Waals surface area (Å²) in [6.45, 7) is 10.0. The minimum atomic E-state index is -2.39. The van der Waals surface area contributed by atoms with Gasteiger partial charge in [-0.2, -0.15) is 0 Å². The summed E-state index contributed by atoms with van der Waals surface area (Å²) in [5, 5.41) is 0. The molecule has 1 nitrogen and oxygen atoms in total. The Bertz CT molecular complexity index is 367. The van der Waals surface area contributed by atoms with Gasteiger partial charge in [-0.3, -0.25) is 0 Å². The molecule has 25 heavy (non-hydrogen) atoms. The van der Waals surface area contributed by atoms with Gasteiger partial charge in [0.1, 0.15) is 0 Å². The first-order chi connectivity index (χ1) is 12.2. The van der Waals surface area contributed by atoms with E-state index in [9.17, 15) is 0 Å². The van der Waals surface area contributed by atoms with Crippen molar-refractivity contribution in [1.29, 1.82) is 0 Å². The maximum absolute atomic E-state index is 5.42. The van der Waals surface area contributed by atoms with Crippen molar-refractivity contribution in [1.82, 2.24) is 0 Å². The number of hydrogen-bond acceptors (Lipinski definition) is 1. The number of methoxy groups -OCH3 is 1. The summed E-state index contributed by atoms with van der Waals surface area (Å²) < 4.78 is 11.5. The van der Waals surface area contributed by atoms with Crippen molar-refractivity contribution in [2.45, 2.75) is 105 Å². The van der Waals surface area contributed by atoms with Crippen LogP contribution in [0.4, 0.5) is 0 Å². The van der Waals surface area contributed by atoms with E-state index in [0.29, 0.717) is 0 Å². The fourth-order valence-corrected chi connectivity index (χ4v) is 19.3. The molecule has 0 saturated carbocycles. The molecule has 0 spiro atoms. The van der Waals surface area contributed by atoms with Crippen LogP contribution in [0.25, 0.3) is 0 Å². The van der Waals surface area contributed by atoms with E-state index in [2.05, 4.69) is 45.6 Å². The fourth-order valence-electron chi connectivity index (χ4n) is 3.51. The molecule has 2 heteroatoms. The molecule has 0 aliphatic rings. The standard InChI is InChI=1S/C11H17O.3C4H9.Sn/c1-3-4-5-6-7-8-9-10-11-12-2;3*1-3-4-2;/h10H,3-6,11H2,1-2H3;3*1,3-4H2,2H3;. The Kier molecular flexibility index (Phi) is 17.5. The third kappa shape index (κ3) is 11.4. The molecule has 0 saturated heterocycles. The Morgan fingerprint density at radius 1 is 0.800 bits per heavy atom. The van der Waals surface area contributed by atoms with Gasteiger partial charge in [0.25, 0.3) is 0 Å². The zero-order valence-electron chi connectivity index (χ0n) is 17.9. The van der Waals surface area contributed by atoms with Crippen molar-refractivity contribution < 1.29 is 4.74 Å². The Labute approximate surface area is 163 Å². The van der Waals surface area contributed by atoms with Crippen LogP contribution in [0.2, 0.25) is 13.3 Å². The summed E-state index contributed by atoms with van der Waals surface area (Å²) in [7, 11) is 1.81. The summed E-state index contributed by atoms with van der Waals surface area (Å²) in [6.07, 6.45) is 15.4. The van der Waals surface area contributed by atoms with Gasteiger partial charge in [-0.1, -0.05) is 0 Å². The van der Waals surface area contributed by atoms with Crippen molar-refractivity contribution in [3.8, 4) is 11.8 Å². The molecule has 0 aromatic heterocycles. The molecule has 146 valence electrons. The van der Waals surface area contributed by atoms with Crippen LogP contribution in [0.3, 0.4) is 0 Å². The van der Waals surface area contributed by atoms with Gasteiger partial charge < -0.3 is 0 Å². The first-order valence-corrected chi connectivity index (χ1v) is 18.4. The third-order valence-corrected chi connectivity index (χ3v) is 20.6. The average Bonchev–Trinajstić information content (AvgIpc) is 2.64. The van der Waals surface area contributed by atoms with E-state index in [1.54, 1.807) is 3.59 Å². The monoisotopic (exact) mass is 456 g/mol. The van der Waals surface area contributed by atoms with Crippen LogP contribution in [-0.4, -0.2) is 32.1 Å². The number of hydrogen-bond donors (Lipinski definition) is 0. The van der Waals surface area contributed by atoms with Crippen LogP contribution in [-0.2, 0) is 4.74 Å². The quantitative estimate of drug-likeness (QED) is 0.141. The molecule has 0 radical (unpaired) electrons. The molecule has 0 atom stereocenters. The van der Waals surface area contributed by atoms with E-state index in [-0.39, 0.29) is 0 Å². The predicted molar refractivity (Wildman–Crippen MR) is 117 cm³/mol.